The molecule has 2 N–H and O–H groups in total. The Kier molecular flexibility index (Phi) is 6.11. The Morgan fingerprint density at radius 2 is 1.71 bits per heavy atom. The van der Waals surface area contributed by atoms with Gasteiger partial charge in [0.2, 0.25) is 0 Å². The van der Waals surface area contributed by atoms with E-state index < -0.39 is 15.8 Å². The zero-order chi connectivity index (χ0) is 17.6. The molecule has 2 aromatic carbocycles. The lowest BCUT2D eigenvalue weighted by Gasteiger charge is -2.17. The fourth-order valence-corrected chi connectivity index (χ4v) is 3.98. The second kappa shape index (κ2) is 8.08. The molecule has 0 spiro atoms. The highest BCUT2D eigenvalue weighted by Gasteiger charge is 2.19. The molecule has 0 amide bonds. The van der Waals surface area contributed by atoms with Gasteiger partial charge in [0, 0.05) is 12.6 Å². The molecule has 6 heteroatoms. The maximum atomic E-state index is 12.4. The number of hydrogen-bond donors (Lipinski definition) is 2. The van der Waals surface area contributed by atoms with E-state index in [-0.39, 0.29) is 17.4 Å². The summed E-state index contributed by atoms with van der Waals surface area (Å²) in [5.74, 6) is -0.935. The fourth-order valence-electron chi connectivity index (χ4n) is 2.34. The largest absolute Gasteiger partial charge is 0.478 e. The van der Waals surface area contributed by atoms with Crippen LogP contribution in [0.4, 0.5) is 0 Å². The highest BCUT2D eigenvalue weighted by atomic mass is 32.2. The van der Waals surface area contributed by atoms with Gasteiger partial charge in [-0.3, -0.25) is 0 Å². The quantitative estimate of drug-likeness (QED) is 0.767. The summed E-state index contributed by atoms with van der Waals surface area (Å²) < 4.78 is 24.9. The van der Waals surface area contributed by atoms with E-state index in [0.29, 0.717) is 17.9 Å². The summed E-state index contributed by atoms with van der Waals surface area (Å²) in [5, 5.41) is 12.1. The van der Waals surface area contributed by atoms with Crippen LogP contribution in [0.3, 0.4) is 0 Å². The van der Waals surface area contributed by atoms with Crippen molar-refractivity contribution < 1.29 is 18.3 Å². The Balaban J connectivity index is 1.98. The molecule has 0 saturated heterocycles. The van der Waals surface area contributed by atoms with E-state index in [1.54, 1.807) is 54.6 Å². The van der Waals surface area contributed by atoms with E-state index in [0.717, 1.165) is 5.56 Å². The molecule has 1 unspecified atom stereocenters. The minimum absolute atomic E-state index is 0.0285. The van der Waals surface area contributed by atoms with Crippen molar-refractivity contribution in [2.75, 3.05) is 5.75 Å². The number of hydrogen-bond acceptors (Lipinski definition) is 4. The molecule has 0 aromatic heterocycles. The zero-order valence-corrected chi connectivity index (χ0v) is 14.3. The lowest BCUT2D eigenvalue weighted by atomic mass is 10.1. The van der Waals surface area contributed by atoms with Gasteiger partial charge in [0.15, 0.2) is 9.84 Å². The molecule has 5 nitrogen and oxygen atoms in total. The second-order valence-electron chi connectivity index (χ2n) is 5.58. The molecule has 2 rings (SSSR count). The molecule has 0 bridgehead atoms. The van der Waals surface area contributed by atoms with Crippen LogP contribution in [0.15, 0.2) is 59.5 Å². The molecular weight excluding hydrogens is 326 g/mol. The Hall–Kier alpha value is -2.18. The second-order valence-corrected chi connectivity index (χ2v) is 7.62. The van der Waals surface area contributed by atoms with Gasteiger partial charge in [-0.05, 0) is 36.2 Å². The van der Waals surface area contributed by atoms with Crippen molar-refractivity contribution in [2.24, 2.45) is 0 Å². The van der Waals surface area contributed by atoms with Gasteiger partial charge in [0.25, 0.3) is 0 Å². The molecule has 24 heavy (non-hydrogen) atoms. The molecule has 128 valence electrons. The van der Waals surface area contributed by atoms with E-state index >= 15 is 0 Å². The summed E-state index contributed by atoms with van der Waals surface area (Å²) in [7, 11) is -3.33. The number of sulfone groups is 1. The number of rotatable bonds is 8. The third kappa shape index (κ3) is 4.91. The first kappa shape index (κ1) is 18.2. The van der Waals surface area contributed by atoms with Crippen LogP contribution in [0.5, 0.6) is 0 Å². The number of aromatic carboxylic acids is 1. The Morgan fingerprint density at radius 3 is 2.25 bits per heavy atom. The van der Waals surface area contributed by atoms with Crippen molar-refractivity contribution in [1.29, 1.82) is 0 Å². The predicted octanol–water partition coefficient (Wildman–Crippen LogP) is 2.73. The van der Waals surface area contributed by atoms with Gasteiger partial charge in [0.05, 0.1) is 16.2 Å². The first-order valence-electron chi connectivity index (χ1n) is 7.76. The van der Waals surface area contributed by atoms with Crippen LogP contribution in [-0.2, 0) is 16.4 Å². The number of carbonyl (C=O) groups is 1. The third-order valence-corrected chi connectivity index (χ3v) is 5.64. The lowest BCUT2D eigenvalue weighted by molar-refractivity contribution is 0.0697. The smallest absolute Gasteiger partial charge is 0.335 e. The average molecular weight is 347 g/mol. The standard InChI is InChI=1S/C18H21NO4S/c1-2-16(13-24(22,23)17-6-4-3-5-7-17)19-12-14-8-10-15(11-9-14)18(20)21/h3-11,16,19H,2,12-13H2,1H3,(H,20,21). The van der Waals surface area contributed by atoms with E-state index in [4.69, 9.17) is 5.11 Å². The van der Waals surface area contributed by atoms with Crippen LogP contribution in [0.25, 0.3) is 0 Å². The van der Waals surface area contributed by atoms with Crippen molar-refractivity contribution in [3.8, 4) is 0 Å². The van der Waals surface area contributed by atoms with E-state index in [1.165, 1.54) is 0 Å². The third-order valence-electron chi connectivity index (χ3n) is 3.81. The SMILES string of the molecule is CCC(CS(=O)(=O)c1ccccc1)NCc1ccc(C(=O)O)cc1. The Morgan fingerprint density at radius 1 is 1.08 bits per heavy atom. The maximum absolute atomic E-state index is 12.4. The first-order valence-corrected chi connectivity index (χ1v) is 9.41. The summed E-state index contributed by atoms with van der Waals surface area (Å²) in [6, 6.07) is 14.8. The minimum atomic E-state index is -3.33. The Bertz CT molecular complexity index is 770. The summed E-state index contributed by atoms with van der Waals surface area (Å²) in [5.41, 5.74) is 1.15. The summed E-state index contributed by atoms with van der Waals surface area (Å²) >= 11 is 0. The van der Waals surface area contributed by atoms with E-state index in [1.807, 2.05) is 6.92 Å². The van der Waals surface area contributed by atoms with Crippen LogP contribution < -0.4 is 5.32 Å². The van der Waals surface area contributed by atoms with Crippen molar-refractivity contribution >= 4 is 15.8 Å². The molecule has 0 aliphatic rings. The van der Waals surface area contributed by atoms with E-state index in [2.05, 4.69) is 5.32 Å². The van der Waals surface area contributed by atoms with Gasteiger partial charge in [0.1, 0.15) is 0 Å². The van der Waals surface area contributed by atoms with Crippen LogP contribution in [0, 0.1) is 0 Å². The molecule has 2 aromatic rings. The fraction of sp³-hybridized carbons (Fsp3) is 0.278. The van der Waals surface area contributed by atoms with Gasteiger partial charge in [-0.15, -0.1) is 0 Å². The molecule has 0 radical (unpaired) electrons. The first-order chi connectivity index (χ1) is 11.4. The van der Waals surface area contributed by atoms with Crippen molar-refractivity contribution in [3.63, 3.8) is 0 Å². The predicted molar refractivity (Wildman–Crippen MR) is 92.8 cm³/mol. The number of carboxylic acid groups (broad SMARTS) is 1. The van der Waals surface area contributed by atoms with Gasteiger partial charge < -0.3 is 10.4 Å². The number of nitrogens with one attached hydrogen (secondary N) is 1. The molecular formula is C18H21NO4S. The van der Waals surface area contributed by atoms with Gasteiger partial charge in [-0.1, -0.05) is 37.3 Å². The summed E-state index contributed by atoms with van der Waals surface area (Å²) in [6.07, 6.45) is 0.680. The highest BCUT2D eigenvalue weighted by molar-refractivity contribution is 7.91. The van der Waals surface area contributed by atoms with Crippen molar-refractivity contribution in [3.05, 3.63) is 65.7 Å². The monoisotopic (exact) mass is 347 g/mol. The zero-order valence-electron chi connectivity index (χ0n) is 13.5. The lowest BCUT2D eigenvalue weighted by Crippen LogP contribution is -2.34. The molecule has 0 fully saturated rings. The van der Waals surface area contributed by atoms with Crippen LogP contribution >= 0.6 is 0 Å². The molecule has 0 saturated carbocycles. The summed E-state index contributed by atoms with van der Waals surface area (Å²) in [6.45, 7) is 2.43. The van der Waals surface area contributed by atoms with Gasteiger partial charge in [-0.2, -0.15) is 0 Å². The van der Waals surface area contributed by atoms with Gasteiger partial charge >= 0.3 is 5.97 Å². The number of carboxylic acids is 1. The summed E-state index contributed by atoms with van der Waals surface area (Å²) in [4.78, 5) is 11.2. The highest BCUT2D eigenvalue weighted by Crippen LogP contribution is 2.13. The van der Waals surface area contributed by atoms with E-state index in [9.17, 15) is 13.2 Å². The normalized spacial score (nSPS) is 12.7. The molecule has 0 aliphatic heterocycles. The number of benzene rings is 2. The molecule has 0 aliphatic carbocycles. The Labute approximate surface area is 142 Å². The van der Waals surface area contributed by atoms with Gasteiger partial charge in [-0.25, -0.2) is 13.2 Å². The van der Waals surface area contributed by atoms with Crippen LogP contribution in [0.2, 0.25) is 0 Å². The maximum Gasteiger partial charge on any atom is 0.335 e. The topological polar surface area (TPSA) is 83.5 Å². The van der Waals surface area contributed by atoms with Crippen LogP contribution in [-0.4, -0.2) is 31.3 Å². The molecule has 1 atom stereocenters. The molecule has 0 heterocycles. The minimum Gasteiger partial charge on any atom is -0.478 e. The van der Waals surface area contributed by atoms with Crippen molar-refractivity contribution in [2.45, 2.75) is 30.8 Å². The van der Waals surface area contributed by atoms with Crippen LogP contribution in [0.1, 0.15) is 29.3 Å². The van der Waals surface area contributed by atoms with Crippen molar-refractivity contribution in [1.82, 2.24) is 5.32 Å². The average Bonchev–Trinajstić information content (AvgIpc) is 2.59.